The first-order valence-corrected chi connectivity index (χ1v) is 10.5. The van der Waals surface area contributed by atoms with Gasteiger partial charge in [-0.2, -0.15) is 0 Å². The lowest BCUT2D eigenvalue weighted by Gasteiger charge is -2.44. The van der Waals surface area contributed by atoms with E-state index in [0.29, 0.717) is 25.4 Å². The van der Waals surface area contributed by atoms with Gasteiger partial charge in [0.15, 0.2) is 0 Å². The highest BCUT2D eigenvalue weighted by atomic mass is 35.5. The number of para-hydroxylation sites is 1. The van der Waals surface area contributed by atoms with Gasteiger partial charge in [-0.1, -0.05) is 31.5 Å². The zero-order valence-electron chi connectivity index (χ0n) is 17.7. The molecular weight excluding hydrogens is 390 g/mol. The fraction of sp³-hybridized carbons (Fsp3) is 0.636. The van der Waals surface area contributed by atoms with Crippen LogP contribution in [0.1, 0.15) is 51.1 Å². The quantitative estimate of drug-likeness (QED) is 0.764. The Morgan fingerprint density at radius 2 is 2.07 bits per heavy atom. The molecule has 1 N–H and O–H groups in total. The predicted octanol–water partition coefficient (Wildman–Crippen LogP) is 3.02. The number of piperazine rings is 1. The number of nitrogens with one attached hydrogen (secondary N) is 1. The Kier molecular flexibility index (Phi) is 8.78. The molecule has 2 fully saturated rings. The molecule has 2 saturated heterocycles. The Bertz CT molecular complexity index is 700. The average molecular weight is 424 g/mol. The van der Waals surface area contributed by atoms with E-state index in [9.17, 15) is 9.59 Å². The second kappa shape index (κ2) is 10.8. The summed E-state index contributed by atoms with van der Waals surface area (Å²) in [5.74, 6) is 0.826. The van der Waals surface area contributed by atoms with E-state index in [4.69, 9.17) is 4.74 Å². The normalized spacial score (nSPS) is 24.8. The van der Waals surface area contributed by atoms with Crippen LogP contribution in [0, 0.1) is 5.92 Å². The van der Waals surface area contributed by atoms with Crippen molar-refractivity contribution in [3.8, 4) is 5.75 Å². The van der Waals surface area contributed by atoms with Crippen LogP contribution in [0.25, 0.3) is 0 Å². The van der Waals surface area contributed by atoms with E-state index in [1.54, 1.807) is 7.11 Å². The van der Waals surface area contributed by atoms with E-state index >= 15 is 0 Å². The SMILES string of the molecule is CCCCN1C(=O)CCC(C(=O)N2CCNC(C)C2)C1c1ccccc1OC.Cl. The Morgan fingerprint density at radius 3 is 2.76 bits per heavy atom. The second-order valence-electron chi connectivity index (χ2n) is 7.91. The molecule has 6 nitrogen and oxygen atoms in total. The summed E-state index contributed by atoms with van der Waals surface area (Å²) >= 11 is 0. The van der Waals surface area contributed by atoms with E-state index < -0.39 is 0 Å². The largest absolute Gasteiger partial charge is 0.496 e. The predicted molar refractivity (Wildman–Crippen MR) is 116 cm³/mol. The number of ether oxygens (including phenoxy) is 1. The van der Waals surface area contributed by atoms with Crippen molar-refractivity contribution in [1.29, 1.82) is 0 Å². The first-order valence-electron chi connectivity index (χ1n) is 10.5. The number of carbonyl (C=O) groups is 2. The number of piperidine rings is 1. The van der Waals surface area contributed by atoms with Crippen LogP contribution >= 0.6 is 12.4 Å². The lowest BCUT2D eigenvalue weighted by atomic mass is 9.82. The molecule has 2 heterocycles. The molecular formula is C22H34ClN3O3. The standard InChI is InChI=1S/C22H33N3O3.ClH/c1-4-5-13-25-20(26)11-10-18(22(27)24-14-12-23-16(2)15-24)21(25)17-8-6-7-9-19(17)28-3;/h6-9,16,18,21,23H,4-5,10-15H2,1-3H3;1H. The van der Waals surface area contributed by atoms with Crippen molar-refractivity contribution in [1.82, 2.24) is 15.1 Å². The van der Waals surface area contributed by atoms with Crippen LogP contribution < -0.4 is 10.1 Å². The Hall–Kier alpha value is -1.79. The molecule has 0 radical (unpaired) electrons. The van der Waals surface area contributed by atoms with Gasteiger partial charge in [-0.25, -0.2) is 0 Å². The van der Waals surface area contributed by atoms with Crippen molar-refractivity contribution in [3.63, 3.8) is 0 Å². The van der Waals surface area contributed by atoms with Gasteiger partial charge >= 0.3 is 0 Å². The second-order valence-corrected chi connectivity index (χ2v) is 7.91. The summed E-state index contributed by atoms with van der Waals surface area (Å²) in [6.45, 7) is 7.17. The van der Waals surface area contributed by atoms with Crippen molar-refractivity contribution < 1.29 is 14.3 Å². The molecule has 0 spiro atoms. The van der Waals surface area contributed by atoms with Gasteiger partial charge in [-0.3, -0.25) is 9.59 Å². The minimum Gasteiger partial charge on any atom is -0.496 e. The number of likely N-dealkylation sites (tertiary alicyclic amines) is 1. The van der Waals surface area contributed by atoms with Crippen molar-refractivity contribution >= 4 is 24.2 Å². The summed E-state index contributed by atoms with van der Waals surface area (Å²) in [6, 6.07) is 7.84. The zero-order chi connectivity index (χ0) is 20.1. The van der Waals surface area contributed by atoms with Crippen LogP contribution in [0.5, 0.6) is 5.75 Å². The van der Waals surface area contributed by atoms with Crippen LogP contribution in [0.4, 0.5) is 0 Å². The maximum atomic E-state index is 13.5. The minimum atomic E-state index is -0.262. The van der Waals surface area contributed by atoms with Gasteiger partial charge in [0.25, 0.3) is 0 Å². The molecule has 1 aromatic carbocycles. The van der Waals surface area contributed by atoms with Crippen molar-refractivity contribution in [3.05, 3.63) is 29.8 Å². The number of unbranched alkanes of at least 4 members (excludes halogenated alkanes) is 1. The summed E-state index contributed by atoms with van der Waals surface area (Å²) in [5.41, 5.74) is 0.940. The van der Waals surface area contributed by atoms with Gasteiger partial charge in [-0.05, 0) is 25.8 Å². The summed E-state index contributed by atoms with van der Waals surface area (Å²) in [6.07, 6.45) is 2.98. The fourth-order valence-electron chi connectivity index (χ4n) is 4.47. The highest BCUT2D eigenvalue weighted by Gasteiger charge is 2.43. The summed E-state index contributed by atoms with van der Waals surface area (Å²) in [5, 5.41) is 3.40. The van der Waals surface area contributed by atoms with E-state index in [0.717, 1.165) is 43.8 Å². The van der Waals surface area contributed by atoms with E-state index in [1.807, 2.05) is 34.1 Å². The highest BCUT2D eigenvalue weighted by molar-refractivity contribution is 5.86. The van der Waals surface area contributed by atoms with Crippen molar-refractivity contribution in [2.45, 2.75) is 51.6 Å². The number of hydrogen-bond acceptors (Lipinski definition) is 4. The minimum absolute atomic E-state index is 0. The van der Waals surface area contributed by atoms with Gasteiger partial charge in [0.05, 0.1) is 19.1 Å². The molecule has 3 rings (SSSR count). The number of halogens is 1. The van der Waals surface area contributed by atoms with Gasteiger partial charge in [0.1, 0.15) is 5.75 Å². The lowest BCUT2D eigenvalue weighted by molar-refractivity contribution is -0.148. The average Bonchev–Trinajstić information content (AvgIpc) is 2.72. The number of amides is 2. The fourth-order valence-corrected chi connectivity index (χ4v) is 4.47. The van der Waals surface area contributed by atoms with Crippen LogP contribution in [0.2, 0.25) is 0 Å². The van der Waals surface area contributed by atoms with Gasteiger partial charge < -0.3 is 19.9 Å². The molecule has 162 valence electrons. The molecule has 0 aromatic heterocycles. The smallest absolute Gasteiger partial charge is 0.228 e. The molecule has 3 unspecified atom stereocenters. The third-order valence-electron chi connectivity index (χ3n) is 5.91. The van der Waals surface area contributed by atoms with Crippen LogP contribution in [0.15, 0.2) is 24.3 Å². The van der Waals surface area contributed by atoms with Crippen LogP contribution in [-0.4, -0.2) is 60.9 Å². The Balaban J connectivity index is 0.00000300. The number of methoxy groups -OCH3 is 1. The number of nitrogens with zero attached hydrogens (tertiary/aromatic N) is 2. The van der Waals surface area contributed by atoms with Gasteiger partial charge in [-0.15, -0.1) is 12.4 Å². The highest BCUT2D eigenvalue weighted by Crippen LogP contribution is 2.41. The molecule has 2 aliphatic heterocycles. The molecule has 29 heavy (non-hydrogen) atoms. The molecule has 7 heteroatoms. The number of benzene rings is 1. The first-order chi connectivity index (χ1) is 13.6. The van der Waals surface area contributed by atoms with Crippen molar-refractivity contribution in [2.24, 2.45) is 5.92 Å². The Labute approximate surface area is 180 Å². The van der Waals surface area contributed by atoms with Crippen LogP contribution in [-0.2, 0) is 9.59 Å². The van der Waals surface area contributed by atoms with Gasteiger partial charge in [0.2, 0.25) is 11.8 Å². The third-order valence-corrected chi connectivity index (χ3v) is 5.91. The summed E-state index contributed by atoms with van der Waals surface area (Å²) in [4.78, 5) is 30.3. The zero-order valence-corrected chi connectivity index (χ0v) is 18.5. The molecule has 0 bridgehead atoms. The summed E-state index contributed by atoms with van der Waals surface area (Å²) in [7, 11) is 1.65. The molecule has 2 amide bonds. The van der Waals surface area contributed by atoms with E-state index in [2.05, 4.69) is 19.2 Å². The first kappa shape index (κ1) is 23.5. The molecule has 2 aliphatic rings. The maximum Gasteiger partial charge on any atom is 0.228 e. The molecule has 0 saturated carbocycles. The lowest BCUT2D eigenvalue weighted by Crippen LogP contribution is -2.55. The topological polar surface area (TPSA) is 61.9 Å². The number of carbonyl (C=O) groups excluding carboxylic acids is 2. The Morgan fingerprint density at radius 1 is 1.31 bits per heavy atom. The third kappa shape index (κ3) is 5.23. The van der Waals surface area contributed by atoms with E-state index in [-0.39, 0.29) is 36.2 Å². The number of hydrogen-bond donors (Lipinski definition) is 1. The van der Waals surface area contributed by atoms with E-state index in [1.165, 1.54) is 0 Å². The van der Waals surface area contributed by atoms with Crippen molar-refractivity contribution in [2.75, 3.05) is 33.3 Å². The monoisotopic (exact) mass is 423 g/mol. The molecule has 1 aromatic rings. The molecule has 3 atom stereocenters. The number of rotatable bonds is 6. The van der Waals surface area contributed by atoms with Gasteiger partial charge in [0, 0.05) is 44.2 Å². The van der Waals surface area contributed by atoms with Crippen LogP contribution in [0.3, 0.4) is 0 Å². The summed E-state index contributed by atoms with van der Waals surface area (Å²) < 4.78 is 5.60. The maximum absolute atomic E-state index is 13.5. The molecule has 0 aliphatic carbocycles.